The average molecular weight is 310 g/mol. The highest BCUT2D eigenvalue weighted by molar-refractivity contribution is 9.10. The van der Waals surface area contributed by atoms with Crippen LogP contribution in [0, 0.1) is 5.92 Å². The van der Waals surface area contributed by atoms with Gasteiger partial charge in [-0.1, -0.05) is 12.1 Å². The Balaban J connectivity index is 1.88. The van der Waals surface area contributed by atoms with Crippen LogP contribution in [-0.4, -0.2) is 25.2 Å². The van der Waals surface area contributed by atoms with Crippen LogP contribution in [0.1, 0.15) is 23.2 Å². The van der Waals surface area contributed by atoms with E-state index in [-0.39, 0.29) is 5.91 Å². The molecular formula is C13H16BrN3O. The smallest absolute Gasteiger partial charge is 0.272 e. The van der Waals surface area contributed by atoms with Gasteiger partial charge in [0.2, 0.25) is 0 Å². The molecule has 5 heteroatoms. The Morgan fingerprint density at radius 1 is 1.39 bits per heavy atom. The first-order valence-corrected chi connectivity index (χ1v) is 6.85. The van der Waals surface area contributed by atoms with Gasteiger partial charge in [-0.3, -0.25) is 4.79 Å². The molecule has 0 atom stereocenters. The summed E-state index contributed by atoms with van der Waals surface area (Å²) in [6.45, 7) is 2.05. The number of piperidine rings is 1. The van der Waals surface area contributed by atoms with E-state index in [2.05, 4.69) is 31.8 Å². The van der Waals surface area contributed by atoms with Gasteiger partial charge in [0.15, 0.2) is 0 Å². The van der Waals surface area contributed by atoms with Crippen LogP contribution in [0.3, 0.4) is 0 Å². The molecule has 1 amide bonds. The number of halogens is 1. The SMILES string of the molecule is O=C(NN=CC1CCNCC1)c1ccccc1Br. The van der Waals surface area contributed by atoms with Crippen molar-refractivity contribution in [2.24, 2.45) is 11.0 Å². The number of carbonyl (C=O) groups is 1. The molecule has 1 aliphatic rings. The van der Waals surface area contributed by atoms with Crippen LogP contribution >= 0.6 is 15.9 Å². The molecule has 1 aliphatic heterocycles. The second-order valence-corrected chi connectivity index (χ2v) is 5.14. The molecule has 1 aromatic rings. The maximum atomic E-state index is 11.8. The zero-order chi connectivity index (χ0) is 12.8. The molecule has 1 saturated heterocycles. The Hall–Kier alpha value is -1.20. The molecule has 18 heavy (non-hydrogen) atoms. The molecule has 0 aliphatic carbocycles. The van der Waals surface area contributed by atoms with E-state index in [0.717, 1.165) is 30.4 Å². The average Bonchev–Trinajstić information content (AvgIpc) is 2.40. The zero-order valence-electron chi connectivity index (χ0n) is 10.0. The monoisotopic (exact) mass is 309 g/mol. The molecule has 0 spiro atoms. The van der Waals surface area contributed by atoms with Crippen molar-refractivity contribution in [3.8, 4) is 0 Å². The van der Waals surface area contributed by atoms with Gasteiger partial charge in [0.25, 0.3) is 5.91 Å². The van der Waals surface area contributed by atoms with Crippen molar-refractivity contribution < 1.29 is 4.79 Å². The minimum Gasteiger partial charge on any atom is -0.317 e. The summed E-state index contributed by atoms with van der Waals surface area (Å²) in [5, 5.41) is 7.33. The second-order valence-electron chi connectivity index (χ2n) is 4.29. The normalized spacial score (nSPS) is 16.9. The van der Waals surface area contributed by atoms with E-state index in [0.29, 0.717) is 11.5 Å². The fourth-order valence-corrected chi connectivity index (χ4v) is 2.37. The van der Waals surface area contributed by atoms with Gasteiger partial charge in [0.05, 0.1) is 5.56 Å². The summed E-state index contributed by atoms with van der Waals surface area (Å²) in [7, 11) is 0. The largest absolute Gasteiger partial charge is 0.317 e. The van der Waals surface area contributed by atoms with Gasteiger partial charge < -0.3 is 5.32 Å². The molecular weight excluding hydrogens is 294 g/mol. The van der Waals surface area contributed by atoms with Gasteiger partial charge in [-0.2, -0.15) is 5.10 Å². The molecule has 2 rings (SSSR count). The Kier molecular flexibility index (Phi) is 4.90. The van der Waals surface area contributed by atoms with E-state index in [1.54, 1.807) is 6.07 Å². The van der Waals surface area contributed by atoms with E-state index in [1.807, 2.05) is 24.4 Å². The Morgan fingerprint density at radius 2 is 2.11 bits per heavy atom. The van der Waals surface area contributed by atoms with Crippen LogP contribution < -0.4 is 10.7 Å². The van der Waals surface area contributed by atoms with Crippen LogP contribution in [0.15, 0.2) is 33.8 Å². The topological polar surface area (TPSA) is 53.5 Å². The van der Waals surface area contributed by atoms with Gasteiger partial charge in [-0.05, 0) is 59.9 Å². The highest BCUT2D eigenvalue weighted by atomic mass is 79.9. The van der Waals surface area contributed by atoms with Crippen LogP contribution in [0.5, 0.6) is 0 Å². The summed E-state index contributed by atoms with van der Waals surface area (Å²) in [5.74, 6) is 0.276. The van der Waals surface area contributed by atoms with Crippen molar-refractivity contribution in [3.05, 3.63) is 34.3 Å². The number of hydrogen-bond acceptors (Lipinski definition) is 3. The number of carbonyl (C=O) groups excluding carboxylic acids is 1. The summed E-state index contributed by atoms with van der Waals surface area (Å²) in [6, 6.07) is 7.31. The lowest BCUT2D eigenvalue weighted by Crippen LogP contribution is -2.29. The lowest BCUT2D eigenvalue weighted by Gasteiger charge is -2.18. The lowest BCUT2D eigenvalue weighted by molar-refractivity contribution is 0.0954. The van der Waals surface area contributed by atoms with Crippen LogP contribution in [0.2, 0.25) is 0 Å². The number of amides is 1. The molecule has 0 radical (unpaired) electrons. The first kappa shape index (κ1) is 13.2. The molecule has 2 N–H and O–H groups in total. The molecule has 0 saturated carbocycles. The Bertz CT molecular complexity index is 442. The van der Waals surface area contributed by atoms with Gasteiger partial charge in [-0.25, -0.2) is 5.43 Å². The molecule has 96 valence electrons. The van der Waals surface area contributed by atoms with E-state index in [9.17, 15) is 4.79 Å². The zero-order valence-corrected chi connectivity index (χ0v) is 11.6. The molecule has 1 fully saturated rings. The number of rotatable bonds is 3. The van der Waals surface area contributed by atoms with Gasteiger partial charge in [0.1, 0.15) is 0 Å². The number of nitrogens with zero attached hydrogens (tertiary/aromatic N) is 1. The van der Waals surface area contributed by atoms with Crippen LogP contribution in [-0.2, 0) is 0 Å². The molecule has 0 aromatic heterocycles. The summed E-state index contributed by atoms with van der Waals surface area (Å²) in [5.41, 5.74) is 3.16. The van der Waals surface area contributed by atoms with Crippen molar-refractivity contribution in [1.29, 1.82) is 0 Å². The summed E-state index contributed by atoms with van der Waals surface area (Å²) in [6.07, 6.45) is 4.00. The molecule has 0 unspecified atom stereocenters. The van der Waals surface area contributed by atoms with E-state index in [1.165, 1.54) is 0 Å². The quantitative estimate of drug-likeness (QED) is 0.664. The Labute approximate surface area is 115 Å². The van der Waals surface area contributed by atoms with Crippen molar-refractivity contribution in [2.75, 3.05) is 13.1 Å². The highest BCUT2D eigenvalue weighted by Crippen LogP contribution is 2.15. The number of benzene rings is 1. The number of hydrazone groups is 1. The molecule has 1 heterocycles. The van der Waals surface area contributed by atoms with Gasteiger partial charge in [-0.15, -0.1) is 0 Å². The molecule has 1 aromatic carbocycles. The van der Waals surface area contributed by atoms with Crippen molar-refractivity contribution in [3.63, 3.8) is 0 Å². The molecule has 4 nitrogen and oxygen atoms in total. The first-order valence-electron chi connectivity index (χ1n) is 6.06. The maximum absolute atomic E-state index is 11.8. The Morgan fingerprint density at radius 3 is 2.83 bits per heavy atom. The maximum Gasteiger partial charge on any atom is 0.272 e. The molecule has 0 bridgehead atoms. The predicted molar refractivity (Wildman–Crippen MR) is 75.7 cm³/mol. The second kappa shape index (κ2) is 6.66. The first-order chi connectivity index (χ1) is 8.77. The summed E-state index contributed by atoms with van der Waals surface area (Å²) in [4.78, 5) is 11.8. The van der Waals surface area contributed by atoms with E-state index in [4.69, 9.17) is 0 Å². The third-order valence-electron chi connectivity index (χ3n) is 2.95. The summed E-state index contributed by atoms with van der Waals surface area (Å²) < 4.78 is 0.777. The predicted octanol–water partition coefficient (Wildman–Crippen LogP) is 2.16. The van der Waals surface area contributed by atoms with Gasteiger partial charge in [0, 0.05) is 10.7 Å². The standard InChI is InChI=1S/C13H16BrN3O/c14-12-4-2-1-3-11(12)13(18)17-16-9-10-5-7-15-8-6-10/h1-4,9-10,15H,5-8H2,(H,17,18). The van der Waals surface area contributed by atoms with E-state index >= 15 is 0 Å². The van der Waals surface area contributed by atoms with Crippen molar-refractivity contribution >= 4 is 28.1 Å². The lowest BCUT2D eigenvalue weighted by atomic mass is 10.00. The third-order valence-corrected chi connectivity index (χ3v) is 3.65. The third kappa shape index (κ3) is 3.65. The fraction of sp³-hybridized carbons (Fsp3) is 0.385. The summed E-state index contributed by atoms with van der Waals surface area (Å²) >= 11 is 3.34. The van der Waals surface area contributed by atoms with Crippen LogP contribution in [0.4, 0.5) is 0 Å². The van der Waals surface area contributed by atoms with Gasteiger partial charge >= 0.3 is 0 Å². The van der Waals surface area contributed by atoms with Crippen molar-refractivity contribution in [1.82, 2.24) is 10.7 Å². The number of hydrogen-bond donors (Lipinski definition) is 2. The minimum absolute atomic E-state index is 0.187. The van der Waals surface area contributed by atoms with Crippen LogP contribution in [0.25, 0.3) is 0 Å². The number of nitrogens with one attached hydrogen (secondary N) is 2. The highest BCUT2D eigenvalue weighted by Gasteiger charge is 2.11. The minimum atomic E-state index is -0.187. The van der Waals surface area contributed by atoms with E-state index < -0.39 is 0 Å². The fourth-order valence-electron chi connectivity index (χ4n) is 1.90. The van der Waals surface area contributed by atoms with Crippen molar-refractivity contribution in [2.45, 2.75) is 12.8 Å².